The zero-order valence-electron chi connectivity index (χ0n) is 14.0. The van der Waals surface area contributed by atoms with Gasteiger partial charge in [0.05, 0.1) is 12.2 Å². The van der Waals surface area contributed by atoms with Crippen LogP contribution in [0.2, 0.25) is 0 Å². The monoisotopic (exact) mass is 323 g/mol. The number of aromatic hydroxyl groups is 1. The standard InChI is InChI=1S/C20H21NO3/c1-3-17-19(20(23)24-4-2)16-12-15(22)10-11-18(16)21(17)13-14-8-6-5-7-9-14/h5-12,22H,3-4,13H2,1-2H3. The summed E-state index contributed by atoms with van der Waals surface area (Å²) in [5, 5.41) is 10.6. The van der Waals surface area contributed by atoms with Crippen LogP contribution >= 0.6 is 0 Å². The van der Waals surface area contributed by atoms with E-state index in [1.54, 1.807) is 19.1 Å². The molecule has 3 aromatic rings. The van der Waals surface area contributed by atoms with E-state index >= 15 is 0 Å². The number of phenols is 1. The van der Waals surface area contributed by atoms with Crippen molar-refractivity contribution in [2.24, 2.45) is 0 Å². The van der Waals surface area contributed by atoms with E-state index in [0.717, 1.165) is 22.2 Å². The maximum Gasteiger partial charge on any atom is 0.340 e. The Morgan fingerprint density at radius 2 is 1.88 bits per heavy atom. The Morgan fingerprint density at radius 1 is 1.12 bits per heavy atom. The molecular weight excluding hydrogens is 302 g/mol. The Kier molecular flexibility index (Phi) is 4.56. The SMILES string of the molecule is CCOC(=O)c1c(CC)n(Cc2ccccc2)c2ccc(O)cc12. The number of hydrogen-bond donors (Lipinski definition) is 1. The predicted molar refractivity (Wildman–Crippen MR) is 94.5 cm³/mol. The lowest BCUT2D eigenvalue weighted by Crippen LogP contribution is -2.10. The smallest absolute Gasteiger partial charge is 0.340 e. The number of fused-ring (bicyclic) bond motifs is 1. The minimum Gasteiger partial charge on any atom is -0.508 e. The van der Waals surface area contributed by atoms with E-state index in [9.17, 15) is 9.90 Å². The van der Waals surface area contributed by atoms with E-state index in [1.807, 2.05) is 31.2 Å². The van der Waals surface area contributed by atoms with Crippen molar-refractivity contribution in [3.8, 4) is 5.75 Å². The Labute approximate surface area is 141 Å². The van der Waals surface area contributed by atoms with Crippen molar-refractivity contribution < 1.29 is 14.6 Å². The van der Waals surface area contributed by atoms with Gasteiger partial charge in [0, 0.05) is 23.1 Å². The van der Waals surface area contributed by atoms with E-state index in [2.05, 4.69) is 16.7 Å². The highest BCUT2D eigenvalue weighted by molar-refractivity contribution is 6.06. The topological polar surface area (TPSA) is 51.5 Å². The fraction of sp³-hybridized carbons (Fsp3) is 0.250. The molecule has 0 aliphatic heterocycles. The number of ether oxygens (including phenoxy) is 1. The molecular formula is C20H21NO3. The summed E-state index contributed by atoms with van der Waals surface area (Å²) in [7, 11) is 0. The number of carbonyl (C=O) groups excluding carboxylic acids is 1. The molecule has 1 aromatic heterocycles. The van der Waals surface area contributed by atoms with Gasteiger partial charge in [-0.1, -0.05) is 37.3 Å². The second kappa shape index (κ2) is 6.79. The minimum absolute atomic E-state index is 0.146. The molecule has 1 N–H and O–H groups in total. The molecule has 0 aliphatic rings. The van der Waals surface area contributed by atoms with Gasteiger partial charge < -0.3 is 14.4 Å². The lowest BCUT2D eigenvalue weighted by molar-refractivity contribution is 0.0527. The van der Waals surface area contributed by atoms with Crippen molar-refractivity contribution in [2.75, 3.05) is 6.61 Å². The molecule has 0 atom stereocenters. The lowest BCUT2D eigenvalue weighted by Gasteiger charge is -2.11. The quantitative estimate of drug-likeness (QED) is 0.718. The highest BCUT2D eigenvalue weighted by Gasteiger charge is 2.23. The molecule has 124 valence electrons. The van der Waals surface area contributed by atoms with Gasteiger partial charge in [0.15, 0.2) is 0 Å². The number of carbonyl (C=O) groups is 1. The third-order valence-electron chi connectivity index (χ3n) is 4.15. The van der Waals surface area contributed by atoms with Crippen LogP contribution in [0.15, 0.2) is 48.5 Å². The molecule has 3 rings (SSSR count). The number of phenolic OH excluding ortho intramolecular Hbond substituents is 1. The van der Waals surface area contributed by atoms with Gasteiger partial charge in [0.2, 0.25) is 0 Å². The van der Waals surface area contributed by atoms with E-state index in [4.69, 9.17) is 4.74 Å². The van der Waals surface area contributed by atoms with Crippen LogP contribution in [0.25, 0.3) is 10.9 Å². The van der Waals surface area contributed by atoms with Crippen LogP contribution in [0.3, 0.4) is 0 Å². The molecule has 0 saturated heterocycles. The normalized spacial score (nSPS) is 10.9. The average Bonchev–Trinajstić information content (AvgIpc) is 2.88. The number of esters is 1. The van der Waals surface area contributed by atoms with E-state index in [-0.39, 0.29) is 11.7 Å². The van der Waals surface area contributed by atoms with Gasteiger partial charge >= 0.3 is 5.97 Å². The van der Waals surface area contributed by atoms with Gasteiger partial charge in [-0.3, -0.25) is 0 Å². The van der Waals surface area contributed by atoms with Crippen LogP contribution in [0.5, 0.6) is 5.75 Å². The molecule has 0 amide bonds. The molecule has 24 heavy (non-hydrogen) atoms. The molecule has 4 nitrogen and oxygen atoms in total. The third-order valence-corrected chi connectivity index (χ3v) is 4.15. The van der Waals surface area contributed by atoms with Crippen molar-refractivity contribution in [2.45, 2.75) is 26.8 Å². The molecule has 2 aromatic carbocycles. The number of nitrogens with zero attached hydrogens (tertiary/aromatic N) is 1. The molecule has 0 fully saturated rings. The van der Waals surface area contributed by atoms with Crippen molar-refractivity contribution in [1.29, 1.82) is 0 Å². The van der Waals surface area contributed by atoms with Gasteiger partial charge in [0.1, 0.15) is 5.75 Å². The molecule has 0 radical (unpaired) electrons. The van der Waals surface area contributed by atoms with Crippen LogP contribution in [0.4, 0.5) is 0 Å². The first-order valence-electron chi connectivity index (χ1n) is 8.20. The van der Waals surface area contributed by atoms with Gasteiger partial charge in [-0.2, -0.15) is 0 Å². The van der Waals surface area contributed by atoms with E-state index < -0.39 is 0 Å². The molecule has 0 aliphatic carbocycles. The number of rotatable bonds is 5. The van der Waals surface area contributed by atoms with Gasteiger partial charge in [-0.15, -0.1) is 0 Å². The summed E-state index contributed by atoms with van der Waals surface area (Å²) in [6, 6.07) is 15.3. The maximum absolute atomic E-state index is 12.5. The molecule has 1 heterocycles. The highest BCUT2D eigenvalue weighted by atomic mass is 16.5. The number of hydrogen-bond acceptors (Lipinski definition) is 3. The number of benzene rings is 2. The number of aromatic nitrogens is 1. The zero-order chi connectivity index (χ0) is 17.1. The minimum atomic E-state index is -0.336. The van der Waals surface area contributed by atoms with Gasteiger partial charge in [-0.05, 0) is 37.1 Å². The van der Waals surface area contributed by atoms with Crippen molar-refractivity contribution in [3.63, 3.8) is 0 Å². The summed E-state index contributed by atoms with van der Waals surface area (Å²) in [4.78, 5) is 12.5. The van der Waals surface area contributed by atoms with Crippen LogP contribution in [0.1, 0.15) is 35.5 Å². The van der Waals surface area contributed by atoms with Crippen LogP contribution < -0.4 is 0 Å². The van der Waals surface area contributed by atoms with E-state index in [1.165, 1.54) is 0 Å². The van der Waals surface area contributed by atoms with Gasteiger partial charge in [-0.25, -0.2) is 4.79 Å². The maximum atomic E-state index is 12.5. The first kappa shape index (κ1) is 16.1. The molecule has 0 spiro atoms. The van der Waals surface area contributed by atoms with E-state index in [0.29, 0.717) is 25.1 Å². The average molecular weight is 323 g/mol. The Balaban J connectivity index is 2.22. The zero-order valence-corrected chi connectivity index (χ0v) is 14.0. The molecule has 0 saturated carbocycles. The third kappa shape index (κ3) is 2.87. The predicted octanol–water partition coefficient (Wildman–Crippen LogP) is 4.13. The van der Waals surface area contributed by atoms with Crippen LogP contribution in [-0.2, 0) is 17.7 Å². The van der Waals surface area contributed by atoms with Crippen molar-refractivity contribution in [3.05, 3.63) is 65.4 Å². The fourth-order valence-electron chi connectivity index (χ4n) is 3.14. The van der Waals surface area contributed by atoms with Crippen LogP contribution in [0, 0.1) is 0 Å². The molecule has 4 heteroatoms. The van der Waals surface area contributed by atoms with Crippen molar-refractivity contribution in [1.82, 2.24) is 4.57 Å². The Bertz CT molecular complexity index is 865. The second-order valence-corrected chi connectivity index (χ2v) is 5.67. The highest BCUT2D eigenvalue weighted by Crippen LogP contribution is 2.31. The fourth-order valence-corrected chi connectivity index (χ4v) is 3.14. The first-order valence-corrected chi connectivity index (χ1v) is 8.20. The second-order valence-electron chi connectivity index (χ2n) is 5.67. The molecule has 0 unspecified atom stereocenters. The summed E-state index contributed by atoms with van der Waals surface area (Å²) < 4.78 is 7.38. The molecule has 0 bridgehead atoms. The Morgan fingerprint density at radius 3 is 2.54 bits per heavy atom. The van der Waals surface area contributed by atoms with Crippen LogP contribution in [-0.4, -0.2) is 22.2 Å². The summed E-state index contributed by atoms with van der Waals surface area (Å²) >= 11 is 0. The lowest BCUT2D eigenvalue weighted by atomic mass is 10.1. The summed E-state index contributed by atoms with van der Waals surface area (Å²) in [5.74, 6) is -0.190. The van der Waals surface area contributed by atoms with Gasteiger partial charge in [0.25, 0.3) is 0 Å². The summed E-state index contributed by atoms with van der Waals surface area (Å²) in [6.45, 7) is 4.82. The summed E-state index contributed by atoms with van der Waals surface area (Å²) in [6.07, 6.45) is 0.705. The first-order chi connectivity index (χ1) is 11.7. The summed E-state index contributed by atoms with van der Waals surface area (Å²) in [5.41, 5.74) is 3.57. The largest absolute Gasteiger partial charge is 0.508 e. The van der Waals surface area contributed by atoms with Crippen molar-refractivity contribution >= 4 is 16.9 Å². The Hall–Kier alpha value is -2.75.